The molecule has 1 unspecified atom stereocenters. The molecular formula is C13H16N2O2S. The Morgan fingerprint density at radius 3 is 3.11 bits per heavy atom. The van der Waals surface area contributed by atoms with Gasteiger partial charge in [-0.05, 0) is 29.7 Å². The second-order valence-electron chi connectivity index (χ2n) is 4.73. The van der Waals surface area contributed by atoms with E-state index in [2.05, 4.69) is 5.32 Å². The SMILES string of the molecule is O=C(C1CSCN1)N1CCc2ccc(O)cc2C1. The van der Waals surface area contributed by atoms with Gasteiger partial charge in [0.2, 0.25) is 5.91 Å². The number of phenolic OH excluding ortho intramolecular Hbond substituents is 1. The summed E-state index contributed by atoms with van der Waals surface area (Å²) < 4.78 is 0. The van der Waals surface area contributed by atoms with Crippen molar-refractivity contribution in [3.8, 4) is 5.75 Å². The molecule has 0 saturated carbocycles. The van der Waals surface area contributed by atoms with Crippen molar-refractivity contribution >= 4 is 17.7 Å². The molecule has 1 aromatic rings. The third-order valence-corrected chi connectivity index (χ3v) is 4.47. The Kier molecular flexibility index (Phi) is 3.18. The topological polar surface area (TPSA) is 52.6 Å². The molecule has 18 heavy (non-hydrogen) atoms. The lowest BCUT2D eigenvalue weighted by Gasteiger charge is -2.30. The second-order valence-corrected chi connectivity index (χ2v) is 5.76. The van der Waals surface area contributed by atoms with Crippen LogP contribution in [0.1, 0.15) is 11.1 Å². The lowest BCUT2D eigenvalue weighted by Crippen LogP contribution is -2.46. The molecule has 0 radical (unpaired) electrons. The first-order chi connectivity index (χ1) is 8.74. The summed E-state index contributed by atoms with van der Waals surface area (Å²) in [5, 5.41) is 12.7. The average molecular weight is 264 g/mol. The van der Waals surface area contributed by atoms with Gasteiger partial charge in [0.05, 0.1) is 6.04 Å². The number of benzene rings is 1. The summed E-state index contributed by atoms with van der Waals surface area (Å²) in [5.41, 5.74) is 2.31. The molecular weight excluding hydrogens is 248 g/mol. The van der Waals surface area contributed by atoms with Crippen LogP contribution < -0.4 is 5.32 Å². The van der Waals surface area contributed by atoms with E-state index in [0.717, 1.165) is 30.2 Å². The highest BCUT2D eigenvalue weighted by atomic mass is 32.2. The average Bonchev–Trinajstić information content (AvgIpc) is 2.90. The summed E-state index contributed by atoms with van der Waals surface area (Å²) in [4.78, 5) is 14.2. The maximum absolute atomic E-state index is 12.3. The Labute approximate surface area is 110 Å². The van der Waals surface area contributed by atoms with Crippen LogP contribution in [0.5, 0.6) is 5.75 Å². The zero-order valence-corrected chi connectivity index (χ0v) is 10.9. The number of aromatic hydroxyl groups is 1. The van der Waals surface area contributed by atoms with Gasteiger partial charge in [0.25, 0.3) is 0 Å². The third kappa shape index (κ3) is 2.20. The third-order valence-electron chi connectivity index (χ3n) is 3.53. The van der Waals surface area contributed by atoms with Crippen molar-refractivity contribution < 1.29 is 9.90 Å². The van der Waals surface area contributed by atoms with Crippen LogP contribution in [0.25, 0.3) is 0 Å². The van der Waals surface area contributed by atoms with Crippen molar-refractivity contribution in [1.82, 2.24) is 10.2 Å². The van der Waals surface area contributed by atoms with Crippen molar-refractivity contribution in [3.63, 3.8) is 0 Å². The number of carbonyl (C=O) groups is 1. The molecule has 1 amide bonds. The largest absolute Gasteiger partial charge is 0.508 e. The zero-order chi connectivity index (χ0) is 12.5. The lowest BCUT2D eigenvalue weighted by atomic mass is 9.99. The van der Waals surface area contributed by atoms with E-state index in [-0.39, 0.29) is 17.7 Å². The molecule has 1 saturated heterocycles. The van der Waals surface area contributed by atoms with Crippen molar-refractivity contribution in [1.29, 1.82) is 0 Å². The van der Waals surface area contributed by atoms with E-state index < -0.39 is 0 Å². The number of nitrogens with one attached hydrogen (secondary N) is 1. The summed E-state index contributed by atoms with van der Waals surface area (Å²) in [6, 6.07) is 5.40. The van der Waals surface area contributed by atoms with E-state index in [1.165, 1.54) is 5.56 Å². The molecule has 0 aromatic heterocycles. The van der Waals surface area contributed by atoms with Crippen LogP contribution in [-0.2, 0) is 17.8 Å². The molecule has 5 heteroatoms. The summed E-state index contributed by atoms with van der Waals surface area (Å²) in [6.07, 6.45) is 0.876. The van der Waals surface area contributed by atoms with E-state index >= 15 is 0 Å². The predicted molar refractivity (Wildman–Crippen MR) is 71.5 cm³/mol. The molecule has 2 aliphatic heterocycles. The minimum absolute atomic E-state index is 0.0335. The molecule has 0 spiro atoms. The number of hydrogen-bond acceptors (Lipinski definition) is 4. The van der Waals surface area contributed by atoms with Gasteiger partial charge in [-0.2, -0.15) is 0 Å². The molecule has 3 rings (SSSR count). The van der Waals surface area contributed by atoms with Crippen LogP contribution in [0.4, 0.5) is 0 Å². The van der Waals surface area contributed by atoms with Crippen LogP contribution in [0, 0.1) is 0 Å². The van der Waals surface area contributed by atoms with Gasteiger partial charge in [0.1, 0.15) is 5.75 Å². The first-order valence-electron chi connectivity index (χ1n) is 6.15. The van der Waals surface area contributed by atoms with E-state index in [1.807, 2.05) is 11.0 Å². The maximum atomic E-state index is 12.3. The molecule has 96 valence electrons. The van der Waals surface area contributed by atoms with Crippen molar-refractivity contribution in [3.05, 3.63) is 29.3 Å². The summed E-state index contributed by atoms with van der Waals surface area (Å²) in [6.45, 7) is 1.39. The molecule has 0 bridgehead atoms. The molecule has 2 N–H and O–H groups in total. The smallest absolute Gasteiger partial charge is 0.240 e. The van der Waals surface area contributed by atoms with Gasteiger partial charge < -0.3 is 10.0 Å². The highest BCUT2D eigenvalue weighted by molar-refractivity contribution is 7.99. The number of amides is 1. The zero-order valence-electron chi connectivity index (χ0n) is 10.1. The minimum Gasteiger partial charge on any atom is -0.508 e. The van der Waals surface area contributed by atoms with E-state index in [4.69, 9.17) is 0 Å². The Morgan fingerprint density at radius 1 is 1.44 bits per heavy atom. The second kappa shape index (κ2) is 4.82. The number of rotatable bonds is 1. The Balaban J connectivity index is 1.75. The lowest BCUT2D eigenvalue weighted by molar-refractivity contribution is -0.133. The van der Waals surface area contributed by atoms with Gasteiger partial charge in [0.15, 0.2) is 0 Å². The van der Waals surface area contributed by atoms with E-state index in [1.54, 1.807) is 23.9 Å². The first kappa shape index (κ1) is 11.9. The summed E-state index contributed by atoms with van der Waals surface area (Å²) in [5.74, 6) is 2.19. The van der Waals surface area contributed by atoms with Crippen molar-refractivity contribution in [2.24, 2.45) is 0 Å². The van der Waals surface area contributed by atoms with Gasteiger partial charge >= 0.3 is 0 Å². The van der Waals surface area contributed by atoms with Gasteiger partial charge in [0, 0.05) is 24.7 Å². The fraction of sp³-hybridized carbons (Fsp3) is 0.462. The van der Waals surface area contributed by atoms with Crippen LogP contribution in [0.3, 0.4) is 0 Å². The van der Waals surface area contributed by atoms with Crippen LogP contribution in [0.15, 0.2) is 18.2 Å². The summed E-state index contributed by atoms with van der Waals surface area (Å²) >= 11 is 1.76. The van der Waals surface area contributed by atoms with E-state index in [9.17, 15) is 9.90 Å². The van der Waals surface area contributed by atoms with Crippen molar-refractivity contribution in [2.45, 2.75) is 19.0 Å². The maximum Gasteiger partial charge on any atom is 0.240 e. The standard InChI is InChI=1S/C13H16N2O2S/c16-11-2-1-9-3-4-15(6-10(9)5-11)13(17)12-7-18-8-14-12/h1-2,5,12,14,16H,3-4,6-8H2. The monoisotopic (exact) mass is 264 g/mol. The Morgan fingerprint density at radius 2 is 2.33 bits per heavy atom. The number of carbonyl (C=O) groups excluding carboxylic acids is 1. The van der Waals surface area contributed by atoms with Crippen LogP contribution in [-0.4, -0.2) is 40.1 Å². The molecule has 1 aromatic carbocycles. The summed E-state index contributed by atoms with van der Waals surface area (Å²) in [7, 11) is 0. The normalized spacial score (nSPS) is 22.9. The Bertz CT molecular complexity index is 472. The fourth-order valence-electron chi connectivity index (χ4n) is 2.51. The number of hydrogen-bond donors (Lipinski definition) is 2. The molecule has 0 aliphatic carbocycles. The Hall–Kier alpha value is -1.20. The molecule has 2 aliphatic rings. The highest BCUT2D eigenvalue weighted by Crippen LogP contribution is 2.24. The van der Waals surface area contributed by atoms with Gasteiger partial charge in [-0.25, -0.2) is 0 Å². The number of thioether (sulfide) groups is 1. The molecule has 4 nitrogen and oxygen atoms in total. The number of nitrogens with zero attached hydrogens (tertiary/aromatic N) is 1. The van der Waals surface area contributed by atoms with E-state index in [0.29, 0.717) is 6.54 Å². The number of fused-ring (bicyclic) bond motifs is 1. The molecule has 2 heterocycles. The fourth-order valence-corrected chi connectivity index (χ4v) is 3.44. The highest BCUT2D eigenvalue weighted by Gasteiger charge is 2.29. The number of phenols is 1. The predicted octanol–water partition coefficient (Wildman–Crippen LogP) is 0.939. The first-order valence-corrected chi connectivity index (χ1v) is 7.30. The van der Waals surface area contributed by atoms with Crippen LogP contribution >= 0.6 is 11.8 Å². The van der Waals surface area contributed by atoms with Gasteiger partial charge in [-0.15, -0.1) is 11.8 Å². The van der Waals surface area contributed by atoms with Crippen molar-refractivity contribution in [2.75, 3.05) is 18.2 Å². The molecule has 1 atom stereocenters. The van der Waals surface area contributed by atoms with Gasteiger partial charge in [-0.1, -0.05) is 6.07 Å². The van der Waals surface area contributed by atoms with Gasteiger partial charge in [-0.3, -0.25) is 10.1 Å². The quantitative estimate of drug-likeness (QED) is 0.792. The van der Waals surface area contributed by atoms with Crippen LogP contribution in [0.2, 0.25) is 0 Å². The molecule has 1 fully saturated rings. The minimum atomic E-state index is -0.0335.